The van der Waals surface area contributed by atoms with Crippen LogP contribution < -0.4 is 5.32 Å². The van der Waals surface area contributed by atoms with Gasteiger partial charge in [0.25, 0.3) is 5.91 Å². The Kier molecular flexibility index (Phi) is 3.85. The molecule has 0 aliphatic carbocycles. The monoisotopic (exact) mass is 261 g/mol. The van der Waals surface area contributed by atoms with Crippen LogP contribution in [-0.2, 0) is 0 Å². The van der Waals surface area contributed by atoms with Crippen molar-refractivity contribution in [3.8, 4) is 0 Å². The van der Waals surface area contributed by atoms with Crippen LogP contribution in [0.15, 0.2) is 24.3 Å². The van der Waals surface area contributed by atoms with Crippen LogP contribution in [0.2, 0.25) is 0 Å². The normalized spacial score (nSPS) is 11.7. The molecule has 3 N–H and O–H groups in total. The van der Waals surface area contributed by atoms with Crippen LogP contribution in [0, 0.1) is 5.41 Å². The van der Waals surface area contributed by atoms with Crippen molar-refractivity contribution in [3.63, 3.8) is 0 Å². The maximum atomic E-state index is 12.1. The van der Waals surface area contributed by atoms with Crippen molar-refractivity contribution in [1.82, 2.24) is 15.5 Å². The molecule has 0 unspecified atom stereocenters. The number of hydrogen-bond acceptors (Lipinski definition) is 3. The Hall–Kier alpha value is -1.88. The zero-order valence-electron chi connectivity index (χ0n) is 11.2. The fraction of sp³-hybridized carbons (Fsp3) is 0.429. The summed E-state index contributed by atoms with van der Waals surface area (Å²) in [7, 11) is 0. The SMILES string of the molecule is CC(C)(CCO)CNC(=O)c1n[nH]c2ccccc12. The summed E-state index contributed by atoms with van der Waals surface area (Å²) in [4.78, 5) is 12.1. The molecule has 1 aromatic heterocycles. The summed E-state index contributed by atoms with van der Waals surface area (Å²) in [5.41, 5.74) is 1.13. The van der Waals surface area contributed by atoms with Gasteiger partial charge in [0, 0.05) is 18.5 Å². The lowest BCUT2D eigenvalue weighted by Gasteiger charge is -2.23. The van der Waals surface area contributed by atoms with Crippen LogP contribution >= 0.6 is 0 Å². The quantitative estimate of drug-likeness (QED) is 0.766. The van der Waals surface area contributed by atoms with E-state index in [4.69, 9.17) is 5.11 Å². The van der Waals surface area contributed by atoms with Gasteiger partial charge in [0.05, 0.1) is 5.52 Å². The Labute approximate surface area is 112 Å². The molecular formula is C14H19N3O2. The zero-order valence-corrected chi connectivity index (χ0v) is 11.2. The van der Waals surface area contributed by atoms with E-state index in [1.165, 1.54) is 0 Å². The summed E-state index contributed by atoms with van der Waals surface area (Å²) in [5.74, 6) is -0.191. The number of nitrogens with one attached hydrogen (secondary N) is 2. The number of rotatable bonds is 5. The summed E-state index contributed by atoms with van der Waals surface area (Å²) >= 11 is 0. The lowest BCUT2D eigenvalue weighted by atomic mass is 9.90. The topological polar surface area (TPSA) is 78.0 Å². The second-order valence-corrected chi connectivity index (χ2v) is 5.44. The van der Waals surface area contributed by atoms with E-state index in [2.05, 4.69) is 15.5 Å². The van der Waals surface area contributed by atoms with Gasteiger partial charge in [0.2, 0.25) is 0 Å². The summed E-state index contributed by atoms with van der Waals surface area (Å²) in [6.45, 7) is 4.64. The van der Waals surface area contributed by atoms with Gasteiger partial charge in [-0.3, -0.25) is 9.89 Å². The first-order valence-electron chi connectivity index (χ1n) is 6.36. The minimum absolute atomic E-state index is 0.119. The Morgan fingerprint density at radius 2 is 2.16 bits per heavy atom. The highest BCUT2D eigenvalue weighted by molar-refractivity contribution is 6.04. The molecule has 0 spiro atoms. The van der Waals surface area contributed by atoms with Gasteiger partial charge in [-0.15, -0.1) is 0 Å². The van der Waals surface area contributed by atoms with Crippen LogP contribution in [0.5, 0.6) is 0 Å². The van der Waals surface area contributed by atoms with Crippen LogP contribution in [0.3, 0.4) is 0 Å². The third kappa shape index (κ3) is 3.12. The van der Waals surface area contributed by atoms with Crippen molar-refractivity contribution in [2.75, 3.05) is 13.2 Å². The molecule has 1 heterocycles. The molecule has 0 bridgehead atoms. The number of carbonyl (C=O) groups excluding carboxylic acids is 1. The van der Waals surface area contributed by atoms with E-state index >= 15 is 0 Å². The molecule has 2 aromatic rings. The van der Waals surface area contributed by atoms with Crippen LogP contribution in [0.4, 0.5) is 0 Å². The van der Waals surface area contributed by atoms with Gasteiger partial charge in [-0.1, -0.05) is 32.0 Å². The van der Waals surface area contributed by atoms with Crippen molar-refractivity contribution >= 4 is 16.8 Å². The first kappa shape index (κ1) is 13.5. The molecule has 19 heavy (non-hydrogen) atoms. The van der Waals surface area contributed by atoms with Gasteiger partial charge in [0.1, 0.15) is 0 Å². The van der Waals surface area contributed by atoms with Crippen LogP contribution in [-0.4, -0.2) is 34.4 Å². The second kappa shape index (κ2) is 5.40. The first-order chi connectivity index (χ1) is 9.03. The second-order valence-electron chi connectivity index (χ2n) is 5.44. The summed E-state index contributed by atoms with van der Waals surface area (Å²) in [5, 5.41) is 19.5. The minimum atomic E-state index is -0.191. The third-order valence-corrected chi connectivity index (χ3v) is 3.20. The molecule has 0 radical (unpaired) electrons. The highest BCUT2D eigenvalue weighted by atomic mass is 16.3. The number of carbonyl (C=O) groups is 1. The first-order valence-corrected chi connectivity index (χ1v) is 6.36. The Bertz CT molecular complexity index is 575. The molecule has 0 aliphatic rings. The van der Waals surface area contributed by atoms with Crippen molar-refractivity contribution in [3.05, 3.63) is 30.0 Å². The van der Waals surface area contributed by atoms with E-state index in [1.54, 1.807) is 0 Å². The van der Waals surface area contributed by atoms with Crippen molar-refractivity contribution < 1.29 is 9.90 Å². The summed E-state index contributed by atoms with van der Waals surface area (Å²) in [6.07, 6.45) is 0.647. The highest BCUT2D eigenvalue weighted by Gasteiger charge is 2.20. The fourth-order valence-corrected chi connectivity index (χ4v) is 1.93. The zero-order chi connectivity index (χ0) is 13.9. The van der Waals surface area contributed by atoms with E-state index < -0.39 is 0 Å². The fourth-order valence-electron chi connectivity index (χ4n) is 1.93. The average Bonchev–Trinajstić information content (AvgIpc) is 2.80. The number of amides is 1. The van der Waals surface area contributed by atoms with E-state index in [0.717, 1.165) is 10.9 Å². The van der Waals surface area contributed by atoms with Crippen molar-refractivity contribution in [1.29, 1.82) is 0 Å². The average molecular weight is 261 g/mol. The van der Waals surface area contributed by atoms with E-state index in [0.29, 0.717) is 18.7 Å². The summed E-state index contributed by atoms with van der Waals surface area (Å²) < 4.78 is 0. The van der Waals surface area contributed by atoms with E-state index in [9.17, 15) is 4.79 Å². The maximum Gasteiger partial charge on any atom is 0.272 e. The number of H-pyrrole nitrogens is 1. The lowest BCUT2D eigenvalue weighted by Crippen LogP contribution is -2.34. The molecule has 102 valence electrons. The van der Waals surface area contributed by atoms with Gasteiger partial charge >= 0.3 is 0 Å². The molecule has 2 rings (SSSR count). The Balaban J connectivity index is 2.08. The molecule has 0 fully saturated rings. The molecule has 5 nitrogen and oxygen atoms in total. The predicted molar refractivity (Wildman–Crippen MR) is 73.9 cm³/mol. The number of nitrogens with zero attached hydrogens (tertiary/aromatic N) is 1. The molecule has 0 saturated carbocycles. The largest absolute Gasteiger partial charge is 0.396 e. The van der Waals surface area contributed by atoms with Gasteiger partial charge in [-0.2, -0.15) is 5.10 Å². The third-order valence-electron chi connectivity index (χ3n) is 3.20. The van der Waals surface area contributed by atoms with Gasteiger partial charge in [0.15, 0.2) is 5.69 Å². The maximum absolute atomic E-state index is 12.1. The van der Waals surface area contributed by atoms with Gasteiger partial charge < -0.3 is 10.4 Å². The molecule has 1 amide bonds. The van der Waals surface area contributed by atoms with Gasteiger partial charge in [-0.05, 0) is 17.9 Å². The number of fused-ring (bicyclic) bond motifs is 1. The smallest absolute Gasteiger partial charge is 0.272 e. The number of aliphatic hydroxyl groups excluding tert-OH is 1. The number of aromatic nitrogens is 2. The van der Waals surface area contributed by atoms with Crippen molar-refractivity contribution in [2.45, 2.75) is 20.3 Å². The molecule has 5 heteroatoms. The van der Waals surface area contributed by atoms with Crippen LogP contribution in [0.1, 0.15) is 30.8 Å². The Morgan fingerprint density at radius 3 is 2.89 bits per heavy atom. The predicted octanol–water partition coefficient (Wildman–Crippen LogP) is 1.70. The Morgan fingerprint density at radius 1 is 1.42 bits per heavy atom. The number of hydrogen-bond donors (Lipinski definition) is 3. The molecule has 1 aromatic carbocycles. The van der Waals surface area contributed by atoms with Crippen molar-refractivity contribution in [2.24, 2.45) is 5.41 Å². The van der Waals surface area contributed by atoms with Gasteiger partial charge in [-0.25, -0.2) is 0 Å². The lowest BCUT2D eigenvalue weighted by molar-refractivity contribution is 0.0925. The molecule has 0 saturated heterocycles. The summed E-state index contributed by atoms with van der Waals surface area (Å²) in [6, 6.07) is 7.53. The van der Waals surface area contributed by atoms with E-state index in [1.807, 2.05) is 38.1 Å². The molecule has 0 atom stereocenters. The number of aromatic amines is 1. The standard InChI is InChI=1S/C14H19N3O2/c1-14(2,7-8-18)9-15-13(19)12-10-5-3-4-6-11(10)16-17-12/h3-6,18H,7-9H2,1-2H3,(H,15,19)(H,16,17). The number of para-hydroxylation sites is 1. The molecule has 0 aliphatic heterocycles. The number of aliphatic hydroxyl groups is 1. The minimum Gasteiger partial charge on any atom is -0.396 e. The number of benzene rings is 1. The molecular weight excluding hydrogens is 242 g/mol. The van der Waals surface area contributed by atoms with E-state index in [-0.39, 0.29) is 17.9 Å². The van der Waals surface area contributed by atoms with Crippen LogP contribution in [0.25, 0.3) is 10.9 Å². The highest BCUT2D eigenvalue weighted by Crippen LogP contribution is 2.19.